The van der Waals surface area contributed by atoms with Crippen LogP contribution in [0.25, 0.3) is 22.3 Å². The van der Waals surface area contributed by atoms with Crippen LogP contribution in [-0.4, -0.2) is 17.7 Å². The van der Waals surface area contributed by atoms with Crippen LogP contribution >= 0.6 is 0 Å². The van der Waals surface area contributed by atoms with E-state index in [0.717, 1.165) is 18.2 Å². The Hall–Kier alpha value is -2.89. The fourth-order valence-electron chi connectivity index (χ4n) is 2.38. The van der Waals surface area contributed by atoms with E-state index in [0.29, 0.717) is 11.0 Å². The summed E-state index contributed by atoms with van der Waals surface area (Å²) in [7, 11) is 0. The second-order valence-electron chi connectivity index (χ2n) is 4.87. The molecule has 0 bridgehead atoms. The zero-order chi connectivity index (χ0) is 16.6. The van der Waals surface area contributed by atoms with Crippen LogP contribution in [0.5, 0.6) is 5.75 Å². The average Bonchev–Trinajstić information content (AvgIpc) is 2.85. The molecule has 1 heterocycles. The molecule has 0 aliphatic heterocycles. The van der Waals surface area contributed by atoms with Crippen LogP contribution in [0, 0.1) is 11.6 Å². The van der Waals surface area contributed by atoms with Gasteiger partial charge in [-0.05, 0) is 37.3 Å². The van der Waals surface area contributed by atoms with Gasteiger partial charge < -0.3 is 14.3 Å². The Morgan fingerprint density at radius 1 is 1.17 bits per heavy atom. The Balaban J connectivity index is 2.30. The minimum atomic E-state index is -0.793. The van der Waals surface area contributed by atoms with Gasteiger partial charge in [0.1, 0.15) is 34.3 Å². The lowest BCUT2D eigenvalue weighted by Gasteiger charge is -2.04. The standard InChI is InChI=1S/C17H12F2O4/c1-2-22-17(21)15-13-8-12(20)3-4-14(13)23-16(15)9-5-10(18)7-11(19)6-9/h3-8,20H,2H2,1H3. The molecule has 0 saturated heterocycles. The number of rotatable bonds is 3. The minimum absolute atomic E-state index is 0.0116. The molecule has 0 aliphatic rings. The molecule has 0 unspecified atom stereocenters. The quantitative estimate of drug-likeness (QED) is 0.733. The fourth-order valence-corrected chi connectivity index (χ4v) is 2.38. The van der Waals surface area contributed by atoms with Crippen molar-refractivity contribution < 1.29 is 27.8 Å². The van der Waals surface area contributed by atoms with Gasteiger partial charge in [0, 0.05) is 17.0 Å². The van der Waals surface area contributed by atoms with E-state index in [-0.39, 0.29) is 29.2 Å². The Morgan fingerprint density at radius 3 is 2.52 bits per heavy atom. The largest absolute Gasteiger partial charge is 0.508 e. The van der Waals surface area contributed by atoms with Gasteiger partial charge in [0.2, 0.25) is 0 Å². The first kappa shape index (κ1) is 15.0. The maximum atomic E-state index is 13.5. The Labute approximate surface area is 129 Å². The lowest BCUT2D eigenvalue weighted by molar-refractivity contribution is 0.0528. The highest BCUT2D eigenvalue weighted by Gasteiger charge is 2.24. The van der Waals surface area contributed by atoms with Crippen LogP contribution < -0.4 is 0 Å². The fraction of sp³-hybridized carbons (Fsp3) is 0.118. The predicted octanol–water partition coefficient (Wildman–Crippen LogP) is 4.26. The summed E-state index contributed by atoms with van der Waals surface area (Å²) < 4.78 is 37.5. The molecule has 0 saturated carbocycles. The van der Waals surface area contributed by atoms with E-state index in [1.54, 1.807) is 6.92 Å². The monoisotopic (exact) mass is 318 g/mol. The molecule has 23 heavy (non-hydrogen) atoms. The molecule has 1 N–H and O–H groups in total. The highest BCUT2D eigenvalue weighted by Crippen LogP contribution is 2.36. The number of ether oxygens (including phenoxy) is 1. The number of esters is 1. The molecular formula is C17H12F2O4. The normalized spacial score (nSPS) is 10.9. The summed E-state index contributed by atoms with van der Waals surface area (Å²) in [6.07, 6.45) is 0. The molecule has 0 atom stereocenters. The van der Waals surface area contributed by atoms with Crippen LogP contribution in [-0.2, 0) is 4.74 Å². The Bertz CT molecular complexity index is 879. The SMILES string of the molecule is CCOC(=O)c1c(-c2cc(F)cc(F)c2)oc2ccc(O)cc12. The van der Waals surface area contributed by atoms with Gasteiger partial charge >= 0.3 is 5.97 Å². The third kappa shape index (κ3) is 2.75. The summed E-state index contributed by atoms with van der Waals surface area (Å²) >= 11 is 0. The minimum Gasteiger partial charge on any atom is -0.508 e. The predicted molar refractivity (Wildman–Crippen MR) is 79.2 cm³/mol. The highest BCUT2D eigenvalue weighted by atomic mass is 19.1. The maximum Gasteiger partial charge on any atom is 0.342 e. The van der Waals surface area contributed by atoms with Crippen molar-refractivity contribution in [3.8, 4) is 17.1 Å². The number of aromatic hydroxyl groups is 1. The number of hydrogen-bond donors (Lipinski definition) is 1. The summed E-state index contributed by atoms with van der Waals surface area (Å²) in [5, 5.41) is 9.93. The number of phenolic OH excluding ortho intramolecular Hbond substituents is 1. The number of benzene rings is 2. The lowest BCUT2D eigenvalue weighted by Crippen LogP contribution is -2.05. The number of furan rings is 1. The highest BCUT2D eigenvalue weighted by molar-refractivity contribution is 6.09. The maximum absolute atomic E-state index is 13.5. The Morgan fingerprint density at radius 2 is 1.87 bits per heavy atom. The molecular weight excluding hydrogens is 306 g/mol. The van der Waals surface area contributed by atoms with E-state index >= 15 is 0 Å². The van der Waals surface area contributed by atoms with Crippen LogP contribution in [0.4, 0.5) is 8.78 Å². The van der Waals surface area contributed by atoms with E-state index in [2.05, 4.69) is 0 Å². The Kier molecular flexibility index (Phi) is 3.73. The van der Waals surface area contributed by atoms with E-state index in [1.165, 1.54) is 18.2 Å². The summed E-state index contributed by atoms with van der Waals surface area (Å²) in [6, 6.07) is 7.03. The van der Waals surface area contributed by atoms with Crippen molar-refractivity contribution in [1.29, 1.82) is 0 Å². The van der Waals surface area contributed by atoms with Crippen LogP contribution in [0.2, 0.25) is 0 Å². The number of halogens is 2. The molecule has 2 aromatic carbocycles. The molecule has 0 amide bonds. The summed E-state index contributed by atoms with van der Waals surface area (Å²) in [5.74, 6) is -2.36. The lowest BCUT2D eigenvalue weighted by atomic mass is 10.1. The number of carbonyl (C=O) groups is 1. The first-order valence-corrected chi connectivity index (χ1v) is 6.88. The molecule has 3 rings (SSSR count). The van der Waals surface area contributed by atoms with Gasteiger partial charge in [-0.2, -0.15) is 0 Å². The van der Waals surface area contributed by atoms with E-state index in [1.807, 2.05) is 0 Å². The summed E-state index contributed by atoms with van der Waals surface area (Å²) in [4.78, 5) is 12.2. The number of phenols is 1. The van der Waals surface area contributed by atoms with Crippen molar-refractivity contribution in [2.75, 3.05) is 6.61 Å². The smallest absolute Gasteiger partial charge is 0.342 e. The van der Waals surface area contributed by atoms with Gasteiger partial charge in [-0.3, -0.25) is 0 Å². The third-order valence-corrected chi connectivity index (χ3v) is 3.28. The van der Waals surface area contributed by atoms with Crippen molar-refractivity contribution in [2.45, 2.75) is 6.92 Å². The molecule has 118 valence electrons. The van der Waals surface area contributed by atoms with Crippen molar-refractivity contribution >= 4 is 16.9 Å². The van der Waals surface area contributed by atoms with Gasteiger partial charge in [-0.25, -0.2) is 13.6 Å². The third-order valence-electron chi connectivity index (χ3n) is 3.28. The molecule has 6 heteroatoms. The number of fused-ring (bicyclic) bond motifs is 1. The zero-order valence-corrected chi connectivity index (χ0v) is 12.1. The van der Waals surface area contributed by atoms with Gasteiger partial charge in [0.15, 0.2) is 0 Å². The first-order valence-electron chi connectivity index (χ1n) is 6.88. The molecule has 0 spiro atoms. The molecule has 4 nitrogen and oxygen atoms in total. The van der Waals surface area contributed by atoms with Gasteiger partial charge in [-0.15, -0.1) is 0 Å². The van der Waals surface area contributed by atoms with Crippen molar-refractivity contribution in [3.05, 3.63) is 53.6 Å². The zero-order valence-electron chi connectivity index (χ0n) is 12.1. The molecule has 0 radical (unpaired) electrons. The summed E-state index contributed by atoms with van der Waals surface area (Å²) in [5.41, 5.74) is 0.384. The van der Waals surface area contributed by atoms with Crippen LogP contribution in [0.1, 0.15) is 17.3 Å². The van der Waals surface area contributed by atoms with E-state index < -0.39 is 17.6 Å². The molecule has 1 aromatic heterocycles. The molecule has 0 fully saturated rings. The van der Waals surface area contributed by atoms with Crippen molar-refractivity contribution in [1.82, 2.24) is 0 Å². The first-order chi connectivity index (χ1) is 11.0. The second kappa shape index (κ2) is 5.72. The van der Waals surface area contributed by atoms with Gasteiger partial charge in [-0.1, -0.05) is 0 Å². The summed E-state index contributed by atoms with van der Waals surface area (Å²) in [6.45, 7) is 1.76. The van der Waals surface area contributed by atoms with Crippen LogP contribution in [0.15, 0.2) is 40.8 Å². The molecule has 0 aliphatic carbocycles. The van der Waals surface area contributed by atoms with Crippen molar-refractivity contribution in [3.63, 3.8) is 0 Å². The number of hydrogen-bond acceptors (Lipinski definition) is 4. The van der Waals surface area contributed by atoms with Crippen LogP contribution in [0.3, 0.4) is 0 Å². The van der Waals surface area contributed by atoms with Gasteiger partial charge in [0.25, 0.3) is 0 Å². The van der Waals surface area contributed by atoms with E-state index in [9.17, 15) is 18.7 Å². The van der Waals surface area contributed by atoms with E-state index in [4.69, 9.17) is 9.15 Å². The molecule has 3 aromatic rings. The topological polar surface area (TPSA) is 59.7 Å². The number of carbonyl (C=O) groups excluding carboxylic acids is 1. The average molecular weight is 318 g/mol. The second-order valence-corrected chi connectivity index (χ2v) is 4.87. The van der Waals surface area contributed by atoms with Crippen molar-refractivity contribution in [2.24, 2.45) is 0 Å². The van der Waals surface area contributed by atoms with Gasteiger partial charge in [0.05, 0.1) is 6.61 Å².